The third-order valence-electron chi connectivity index (χ3n) is 6.44. The molecule has 0 aliphatic rings. The fourth-order valence-corrected chi connectivity index (χ4v) is 5.65. The highest BCUT2D eigenvalue weighted by Gasteiger charge is 2.21. The van der Waals surface area contributed by atoms with Crippen LogP contribution >= 0.6 is 0 Å². The van der Waals surface area contributed by atoms with E-state index in [1.54, 1.807) is 25.3 Å². The first-order chi connectivity index (χ1) is 18.4. The highest BCUT2D eigenvalue weighted by molar-refractivity contribution is 7.89. The van der Waals surface area contributed by atoms with Gasteiger partial charge < -0.3 is 10.5 Å². The summed E-state index contributed by atoms with van der Waals surface area (Å²) in [6.07, 6.45) is 0. The van der Waals surface area contributed by atoms with Crippen molar-refractivity contribution >= 4 is 15.7 Å². The minimum atomic E-state index is -3.84. The van der Waals surface area contributed by atoms with Crippen molar-refractivity contribution in [1.29, 1.82) is 0 Å². The summed E-state index contributed by atoms with van der Waals surface area (Å²) >= 11 is 0. The van der Waals surface area contributed by atoms with Gasteiger partial charge in [0.25, 0.3) is 0 Å². The van der Waals surface area contributed by atoms with Crippen molar-refractivity contribution in [2.45, 2.75) is 11.4 Å². The van der Waals surface area contributed by atoms with Crippen LogP contribution in [-0.4, -0.2) is 15.5 Å². The van der Waals surface area contributed by atoms with E-state index in [0.29, 0.717) is 11.3 Å². The van der Waals surface area contributed by atoms with E-state index in [1.807, 2.05) is 103 Å². The molecule has 0 heterocycles. The lowest BCUT2D eigenvalue weighted by Gasteiger charge is -2.16. The number of nitrogens with two attached hydrogens (primary N) is 1. The second-order valence-electron chi connectivity index (χ2n) is 8.92. The quantitative estimate of drug-likeness (QED) is 0.222. The predicted octanol–water partition coefficient (Wildman–Crippen LogP) is 6.76. The van der Waals surface area contributed by atoms with E-state index >= 15 is 0 Å². The highest BCUT2D eigenvalue weighted by Crippen LogP contribution is 2.36. The van der Waals surface area contributed by atoms with Gasteiger partial charge in [0.2, 0.25) is 10.0 Å². The van der Waals surface area contributed by atoms with Gasteiger partial charge >= 0.3 is 0 Å². The molecule has 190 valence electrons. The van der Waals surface area contributed by atoms with Crippen LogP contribution in [0.3, 0.4) is 0 Å². The van der Waals surface area contributed by atoms with E-state index in [4.69, 9.17) is 10.5 Å². The fraction of sp³-hybridized carbons (Fsp3) is 0.0625. The third-order valence-corrected chi connectivity index (χ3v) is 7.90. The standard InChI is InChI=1S/C32H28N2O3S/c1-37-28-18-15-25(16-19-28)24-13-11-23(12-14-24)22-34-38(35,36)32-20-17-27(33)21-31(32)30-10-6-5-9-29(30)26-7-3-2-4-8-26/h2-21,34H,22,33H2,1H3. The Kier molecular flexibility index (Phi) is 7.26. The van der Waals surface area contributed by atoms with E-state index in [-0.39, 0.29) is 11.4 Å². The zero-order valence-electron chi connectivity index (χ0n) is 21.0. The van der Waals surface area contributed by atoms with E-state index in [0.717, 1.165) is 39.1 Å². The molecule has 5 nitrogen and oxygen atoms in total. The number of ether oxygens (including phenoxy) is 1. The van der Waals surface area contributed by atoms with Gasteiger partial charge in [0, 0.05) is 17.8 Å². The van der Waals surface area contributed by atoms with Gasteiger partial charge in [-0.2, -0.15) is 0 Å². The minimum absolute atomic E-state index is 0.162. The smallest absolute Gasteiger partial charge is 0.241 e. The molecule has 0 amide bonds. The molecule has 38 heavy (non-hydrogen) atoms. The van der Waals surface area contributed by atoms with E-state index in [1.165, 1.54) is 0 Å². The molecular weight excluding hydrogens is 492 g/mol. The SMILES string of the molecule is COc1ccc(-c2ccc(CNS(=O)(=O)c3ccc(N)cc3-c3ccccc3-c3ccccc3)cc2)cc1. The van der Waals surface area contributed by atoms with Gasteiger partial charge in [0.05, 0.1) is 12.0 Å². The molecule has 0 fully saturated rings. The summed E-state index contributed by atoms with van der Waals surface area (Å²) in [4.78, 5) is 0.185. The Labute approximate surface area is 223 Å². The van der Waals surface area contributed by atoms with Crippen molar-refractivity contribution in [2.24, 2.45) is 0 Å². The topological polar surface area (TPSA) is 81.4 Å². The number of hydrogen-bond donors (Lipinski definition) is 2. The van der Waals surface area contributed by atoms with Gasteiger partial charge in [-0.15, -0.1) is 0 Å². The Morgan fingerprint density at radius 3 is 1.92 bits per heavy atom. The molecule has 0 radical (unpaired) electrons. The summed E-state index contributed by atoms with van der Waals surface area (Å²) in [6.45, 7) is 0.162. The Hall–Kier alpha value is -4.39. The van der Waals surface area contributed by atoms with Crippen LogP contribution in [0, 0.1) is 0 Å². The molecule has 5 rings (SSSR count). The Morgan fingerprint density at radius 2 is 1.26 bits per heavy atom. The molecule has 0 saturated heterocycles. The lowest BCUT2D eigenvalue weighted by atomic mass is 9.94. The van der Waals surface area contributed by atoms with Gasteiger partial charge in [-0.1, -0.05) is 91.0 Å². The predicted molar refractivity (Wildman–Crippen MR) is 154 cm³/mol. The highest BCUT2D eigenvalue weighted by atomic mass is 32.2. The molecule has 3 N–H and O–H groups in total. The summed E-state index contributed by atoms with van der Waals surface area (Å²) in [5.41, 5.74) is 12.9. The number of rotatable bonds is 8. The van der Waals surface area contributed by atoms with Gasteiger partial charge in [0.15, 0.2) is 0 Å². The first-order valence-corrected chi connectivity index (χ1v) is 13.7. The molecule has 5 aromatic carbocycles. The third kappa shape index (κ3) is 5.47. The summed E-state index contributed by atoms with van der Waals surface area (Å²) in [5.74, 6) is 0.799. The molecule has 0 aromatic heterocycles. The molecule has 0 aliphatic heterocycles. The number of sulfonamides is 1. The maximum Gasteiger partial charge on any atom is 0.241 e. The molecule has 5 aromatic rings. The average Bonchev–Trinajstić information content (AvgIpc) is 2.97. The molecular formula is C32H28N2O3S. The summed E-state index contributed by atoms with van der Waals surface area (Å²) in [6, 6.07) is 38.2. The van der Waals surface area contributed by atoms with Crippen molar-refractivity contribution in [3.05, 3.63) is 127 Å². The second kappa shape index (κ2) is 10.9. The van der Waals surface area contributed by atoms with Crippen LogP contribution in [0.15, 0.2) is 126 Å². The van der Waals surface area contributed by atoms with Crippen molar-refractivity contribution in [2.75, 3.05) is 12.8 Å². The zero-order chi connectivity index (χ0) is 26.5. The van der Waals surface area contributed by atoms with Crippen LogP contribution in [0.5, 0.6) is 5.75 Å². The van der Waals surface area contributed by atoms with E-state index < -0.39 is 10.0 Å². The molecule has 0 aliphatic carbocycles. The van der Waals surface area contributed by atoms with Crippen molar-refractivity contribution < 1.29 is 13.2 Å². The molecule has 6 heteroatoms. The summed E-state index contributed by atoms with van der Waals surface area (Å²) in [7, 11) is -2.20. The van der Waals surface area contributed by atoms with E-state index in [9.17, 15) is 8.42 Å². The molecule has 0 spiro atoms. The first-order valence-electron chi connectivity index (χ1n) is 12.2. The number of nitrogen functional groups attached to an aromatic ring is 1. The number of hydrogen-bond acceptors (Lipinski definition) is 4. The molecule has 0 saturated carbocycles. The van der Waals surface area contributed by atoms with Crippen molar-refractivity contribution in [3.63, 3.8) is 0 Å². The largest absolute Gasteiger partial charge is 0.497 e. The van der Waals surface area contributed by atoms with Crippen LogP contribution in [-0.2, 0) is 16.6 Å². The van der Waals surface area contributed by atoms with Crippen LogP contribution in [0.1, 0.15) is 5.56 Å². The van der Waals surface area contributed by atoms with Crippen molar-refractivity contribution in [3.8, 4) is 39.1 Å². The van der Waals surface area contributed by atoms with Gasteiger partial charge in [-0.25, -0.2) is 13.1 Å². The zero-order valence-corrected chi connectivity index (χ0v) is 21.8. The summed E-state index contributed by atoms with van der Waals surface area (Å²) < 4.78 is 35.1. The van der Waals surface area contributed by atoms with Crippen molar-refractivity contribution in [1.82, 2.24) is 4.72 Å². The molecule has 0 unspecified atom stereocenters. The fourth-order valence-electron chi connectivity index (χ4n) is 4.43. The number of nitrogens with one attached hydrogen (secondary N) is 1. The number of anilines is 1. The Balaban J connectivity index is 1.41. The number of methoxy groups -OCH3 is 1. The first kappa shape index (κ1) is 25.3. The van der Waals surface area contributed by atoms with E-state index in [2.05, 4.69) is 4.72 Å². The summed E-state index contributed by atoms with van der Waals surface area (Å²) in [5, 5.41) is 0. The van der Waals surface area contributed by atoms with Crippen LogP contribution in [0.2, 0.25) is 0 Å². The van der Waals surface area contributed by atoms with Gasteiger partial charge in [-0.05, 0) is 63.7 Å². The lowest BCUT2D eigenvalue weighted by molar-refractivity contribution is 0.415. The Bertz CT molecular complexity index is 1650. The maximum atomic E-state index is 13.5. The minimum Gasteiger partial charge on any atom is -0.497 e. The van der Waals surface area contributed by atoms with Crippen LogP contribution in [0.4, 0.5) is 5.69 Å². The van der Waals surface area contributed by atoms with Crippen LogP contribution in [0.25, 0.3) is 33.4 Å². The second-order valence-corrected chi connectivity index (χ2v) is 10.7. The van der Waals surface area contributed by atoms with Gasteiger partial charge in [0.1, 0.15) is 5.75 Å². The monoisotopic (exact) mass is 520 g/mol. The van der Waals surface area contributed by atoms with Gasteiger partial charge in [-0.3, -0.25) is 0 Å². The average molecular weight is 521 g/mol. The maximum absolute atomic E-state index is 13.5. The van der Waals surface area contributed by atoms with Crippen LogP contribution < -0.4 is 15.2 Å². The molecule has 0 atom stereocenters. The number of benzene rings is 5. The normalized spacial score (nSPS) is 11.3. The lowest BCUT2D eigenvalue weighted by Crippen LogP contribution is -2.24. The Morgan fingerprint density at radius 1 is 0.658 bits per heavy atom. The molecule has 0 bridgehead atoms.